The molecule has 1 amide bonds. The first-order chi connectivity index (χ1) is 10.0. The maximum absolute atomic E-state index is 11.5. The van der Waals surface area contributed by atoms with Gasteiger partial charge in [-0.2, -0.15) is 0 Å². The first kappa shape index (κ1) is 15.8. The number of likely N-dealkylation sites (N-methyl/N-ethyl adjacent to an activating group) is 1. The van der Waals surface area contributed by atoms with E-state index in [-0.39, 0.29) is 5.91 Å². The van der Waals surface area contributed by atoms with Crippen molar-refractivity contribution in [2.24, 2.45) is 5.73 Å². The van der Waals surface area contributed by atoms with Gasteiger partial charge in [-0.05, 0) is 68.8 Å². The highest BCUT2D eigenvalue weighted by molar-refractivity contribution is 5.84. The van der Waals surface area contributed by atoms with Crippen LogP contribution in [0.15, 0.2) is 18.2 Å². The highest BCUT2D eigenvalue weighted by atomic mass is 16.5. The van der Waals surface area contributed by atoms with Gasteiger partial charge >= 0.3 is 0 Å². The van der Waals surface area contributed by atoms with Crippen molar-refractivity contribution >= 4 is 5.91 Å². The first-order valence-electron chi connectivity index (χ1n) is 7.84. The molecule has 4 nitrogen and oxygen atoms in total. The molecule has 0 heterocycles. The van der Waals surface area contributed by atoms with Crippen molar-refractivity contribution in [3.8, 4) is 5.75 Å². The molecular weight excluding hydrogens is 264 g/mol. The molecule has 0 spiro atoms. The normalized spacial score (nSPS) is 16.3. The number of carbonyl (C=O) groups is 1. The van der Waals surface area contributed by atoms with Gasteiger partial charge in [-0.1, -0.05) is 13.0 Å². The number of nitrogens with one attached hydrogen (secondary N) is 1. The first-order valence-corrected chi connectivity index (χ1v) is 7.84. The van der Waals surface area contributed by atoms with Gasteiger partial charge in [0, 0.05) is 0 Å². The van der Waals surface area contributed by atoms with E-state index in [1.54, 1.807) is 0 Å². The Kier molecular flexibility index (Phi) is 5.23. The van der Waals surface area contributed by atoms with Crippen molar-refractivity contribution in [2.45, 2.75) is 51.5 Å². The molecule has 1 aliphatic carbocycles. The summed E-state index contributed by atoms with van der Waals surface area (Å²) in [7, 11) is 0. The lowest BCUT2D eigenvalue weighted by Gasteiger charge is -2.26. The summed E-state index contributed by atoms with van der Waals surface area (Å²) >= 11 is 0. The predicted molar refractivity (Wildman–Crippen MR) is 84.5 cm³/mol. The Bertz CT molecular complexity index is 502. The summed E-state index contributed by atoms with van der Waals surface area (Å²) in [6.45, 7) is 5.16. The number of amides is 1. The molecule has 1 atom stereocenters. The van der Waals surface area contributed by atoms with Gasteiger partial charge in [-0.15, -0.1) is 0 Å². The summed E-state index contributed by atoms with van der Waals surface area (Å²) in [4.78, 5) is 11.5. The van der Waals surface area contributed by atoms with Crippen molar-refractivity contribution in [2.75, 3.05) is 13.2 Å². The van der Waals surface area contributed by atoms with Crippen LogP contribution in [-0.2, 0) is 17.6 Å². The molecule has 2 rings (SSSR count). The zero-order valence-electron chi connectivity index (χ0n) is 13.1. The van der Waals surface area contributed by atoms with E-state index in [1.165, 1.54) is 24.0 Å². The van der Waals surface area contributed by atoms with E-state index in [0.717, 1.165) is 25.1 Å². The maximum Gasteiger partial charge on any atom is 0.237 e. The number of carbonyl (C=O) groups excluding carboxylic acids is 1. The molecule has 0 saturated heterocycles. The Balaban J connectivity index is 1.80. The van der Waals surface area contributed by atoms with E-state index in [0.29, 0.717) is 13.0 Å². The second kappa shape index (κ2) is 6.94. The van der Waals surface area contributed by atoms with Crippen LogP contribution in [0.1, 0.15) is 44.2 Å². The molecule has 1 aromatic rings. The molecule has 0 fully saturated rings. The van der Waals surface area contributed by atoms with Crippen LogP contribution in [0.5, 0.6) is 5.75 Å². The molecule has 21 heavy (non-hydrogen) atoms. The van der Waals surface area contributed by atoms with Crippen LogP contribution in [0.3, 0.4) is 0 Å². The second-order valence-corrected chi connectivity index (χ2v) is 5.96. The highest BCUT2D eigenvalue weighted by Crippen LogP contribution is 2.26. The zero-order valence-corrected chi connectivity index (χ0v) is 13.1. The number of hydrogen-bond acceptors (Lipinski definition) is 3. The van der Waals surface area contributed by atoms with Gasteiger partial charge < -0.3 is 15.8 Å². The standard InChI is InChI=1S/C17H26N2O2/c1-3-19-17(2,16(18)20)10-5-11-21-15-9-8-13-6-4-7-14(13)12-15/h8-9,12,19H,3-7,10-11H2,1-2H3,(H2,18,20). The average molecular weight is 290 g/mol. The second-order valence-electron chi connectivity index (χ2n) is 5.96. The van der Waals surface area contributed by atoms with Gasteiger partial charge in [0.1, 0.15) is 5.75 Å². The minimum absolute atomic E-state index is 0.304. The van der Waals surface area contributed by atoms with Gasteiger partial charge in [-0.3, -0.25) is 4.79 Å². The molecule has 4 heteroatoms. The van der Waals surface area contributed by atoms with Crippen molar-refractivity contribution < 1.29 is 9.53 Å². The van der Waals surface area contributed by atoms with Crippen molar-refractivity contribution in [3.05, 3.63) is 29.3 Å². The monoisotopic (exact) mass is 290 g/mol. The Hall–Kier alpha value is -1.55. The number of ether oxygens (including phenoxy) is 1. The minimum Gasteiger partial charge on any atom is -0.494 e. The van der Waals surface area contributed by atoms with E-state index in [1.807, 2.05) is 19.9 Å². The van der Waals surface area contributed by atoms with Gasteiger partial charge in [0.15, 0.2) is 0 Å². The van der Waals surface area contributed by atoms with Crippen molar-refractivity contribution in [1.82, 2.24) is 5.32 Å². The number of aryl methyl sites for hydroxylation is 2. The van der Waals surface area contributed by atoms with Crippen LogP contribution in [0.25, 0.3) is 0 Å². The molecule has 0 aromatic heterocycles. The third-order valence-corrected chi connectivity index (χ3v) is 4.27. The summed E-state index contributed by atoms with van der Waals surface area (Å²) in [5.41, 5.74) is 7.70. The van der Waals surface area contributed by atoms with E-state index in [9.17, 15) is 4.79 Å². The van der Waals surface area contributed by atoms with Crippen molar-refractivity contribution in [3.63, 3.8) is 0 Å². The summed E-state index contributed by atoms with van der Waals surface area (Å²) in [6, 6.07) is 6.37. The summed E-state index contributed by atoms with van der Waals surface area (Å²) < 4.78 is 5.80. The predicted octanol–water partition coefficient (Wildman–Crippen LogP) is 2.19. The van der Waals surface area contributed by atoms with Crippen LogP contribution in [0.4, 0.5) is 0 Å². The Labute approximate surface area is 127 Å². The number of primary amides is 1. The quantitative estimate of drug-likeness (QED) is 0.721. The van der Waals surface area contributed by atoms with Crippen LogP contribution in [-0.4, -0.2) is 24.6 Å². The third-order valence-electron chi connectivity index (χ3n) is 4.27. The summed E-state index contributed by atoms with van der Waals surface area (Å²) in [5, 5.41) is 3.16. The summed E-state index contributed by atoms with van der Waals surface area (Å²) in [5.74, 6) is 0.627. The molecule has 1 aromatic carbocycles. The molecule has 1 unspecified atom stereocenters. The number of hydrogen-bond donors (Lipinski definition) is 2. The molecule has 116 valence electrons. The maximum atomic E-state index is 11.5. The Morgan fingerprint density at radius 1 is 1.38 bits per heavy atom. The fourth-order valence-electron chi connectivity index (χ4n) is 2.94. The number of rotatable bonds is 8. The molecule has 0 aliphatic heterocycles. The molecule has 0 saturated carbocycles. The van der Waals surface area contributed by atoms with Crippen LogP contribution in [0.2, 0.25) is 0 Å². The average Bonchev–Trinajstić information content (AvgIpc) is 2.91. The third kappa shape index (κ3) is 3.97. The van der Waals surface area contributed by atoms with Crippen molar-refractivity contribution in [1.29, 1.82) is 0 Å². The lowest BCUT2D eigenvalue weighted by molar-refractivity contribution is -0.124. The molecule has 0 radical (unpaired) electrons. The van der Waals surface area contributed by atoms with Gasteiger partial charge in [0.2, 0.25) is 5.91 Å². The van der Waals surface area contributed by atoms with Crippen LogP contribution in [0, 0.1) is 0 Å². The van der Waals surface area contributed by atoms with Gasteiger partial charge in [0.25, 0.3) is 0 Å². The minimum atomic E-state index is -0.643. The lowest BCUT2D eigenvalue weighted by Crippen LogP contribution is -2.53. The lowest BCUT2D eigenvalue weighted by atomic mass is 9.95. The molecule has 0 bridgehead atoms. The van der Waals surface area contributed by atoms with E-state index in [4.69, 9.17) is 10.5 Å². The number of nitrogens with two attached hydrogens (primary N) is 1. The van der Waals surface area contributed by atoms with Gasteiger partial charge in [-0.25, -0.2) is 0 Å². The number of benzene rings is 1. The summed E-state index contributed by atoms with van der Waals surface area (Å²) in [6.07, 6.45) is 5.07. The smallest absolute Gasteiger partial charge is 0.237 e. The van der Waals surface area contributed by atoms with Gasteiger partial charge in [0.05, 0.1) is 12.1 Å². The van der Waals surface area contributed by atoms with E-state index >= 15 is 0 Å². The fourth-order valence-corrected chi connectivity index (χ4v) is 2.94. The molecule has 1 aliphatic rings. The Morgan fingerprint density at radius 3 is 2.86 bits per heavy atom. The SMILES string of the molecule is CCNC(C)(CCCOc1ccc2c(c1)CCC2)C(N)=O. The molecular formula is C17H26N2O2. The number of fused-ring (bicyclic) bond motifs is 1. The zero-order chi connectivity index (χ0) is 15.3. The topological polar surface area (TPSA) is 64.3 Å². The van der Waals surface area contributed by atoms with E-state index < -0.39 is 5.54 Å². The Morgan fingerprint density at radius 2 is 2.14 bits per heavy atom. The largest absolute Gasteiger partial charge is 0.494 e. The highest BCUT2D eigenvalue weighted by Gasteiger charge is 2.29. The van der Waals surface area contributed by atoms with Crippen LogP contribution >= 0.6 is 0 Å². The van der Waals surface area contributed by atoms with Crippen LogP contribution < -0.4 is 15.8 Å². The molecule has 3 N–H and O–H groups in total. The van der Waals surface area contributed by atoms with E-state index in [2.05, 4.69) is 17.4 Å². The fraction of sp³-hybridized carbons (Fsp3) is 0.588.